The van der Waals surface area contributed by atoms with Crippen molar-refractivity contribution in [1.29, 1.82) is 0 Å². The summed E-state index contributed by atoms with van der Waals surface area (Å²) in [5.41, 5.74) is 0.138. The SMILES string of the molecule is CC1(C)O[C@]23CC[C@H]4[C@@H](C[C@H](O)[C@H]5C[C@@H](OC(=O)CCC(=O)O)CC[C@@]54C)[C@@H]2CCC13. The molecule has 0 aromatic rings. The average Bonchev–Trinajstić information content (AvgIpc) is 3.02. The maximum Gasteiger partial charge on any atom is 0.306 e. The van der Waals surface area contributed by atoms with Crippen molar-refractivity contribution in [2.24, 2.45) is 35.0 Å². The molecular weight excluding hydrogens is 396 g/mol. The Balaban J connectivity index is 1.29. The summed E-state index contributed by atoms with van der Waals surface area (Å²) in [6.07, 6.45) is 7.28. The van der Waals surface area contributed by atoms with E-state index in [0.29, 0.717) is 30.1 Å². The third-order valence-electron chi connectivity index (χ3n) is 10.2. The molecule has 0 bridgehead atoms. The van der Waals surface area contributed by atoms with E-state index in [1.807, 2.05) is 0 Å². The van der Waals surface area contributed by atoms with Crippen LogP contribution in [0.1, 0.15) is 85.0 Å². The fourth-order valence-corrected chi connectivity index (χ4v) is 9.08. The monoisotopic (exact) mass is 434 g/mol. The second-order valence-corrected chi connectivity index (χ2v) is 11.9. The van der Waals surface area contributed by atoms with Crippen LogP contribution in [0.15, 0.2) is 0 Å². The first kappa shape index (κ1) is 21.7. The standard InChI is InChI=1S/C25H38O6/c1-23(2)20-5-4-17-15-13-19(26)18-12-14(30-22(29)7-6-21(27)28)8-10-24(18,3)16(15)9-11-25(17,20)31-23/h14-20,26H,4-13H2,1-3H3,(H,27,28)/t14-,15+,16-,17-,18+,19-,20?,24+,25+/m0/s1. The molecule has 0 radical (unpaired) electrons. The number of carbonyl (C=O) groups excluding carboxylic acids is 1. The van der Waals surface area contributed by atoms with Crippen LogP contribution in [0.5, 0.6) is 0 Å². The first-order valence-electron chi connectivity index (χ1n) is 12.4. The Hall–Kier alpha value is -1.14. The summed E-state index contributed by atoms with van der Waals surface area (Å²) in [6.45, 7) is 6.85. The topological polar surface area (TPSA) is 93.1 Å². The molecule has 2 N–H and O–H groups in total. The number of rotatable bonds is 4. The van der Waals surface area contributed by atoms with Gasteiger partial charge in [-0.3, -0.25) is 9.59 Å². The van der Waals surface area contributed by atoms with Crippen molar-refractivity contribution in [2.75, 3.05) is 0 Å². The molecule has 1 unspecified atom stereocenters. The van der Waals surface area contributed by atoms with Crippen molar-refractivity contribution in [3.8, 4) is 0 Å². The number of carbonyl (C=O) groups is 2. The van der Waals surface area contributed by atoms with Crippen molar-refractivity contribution in [3.05, 3.63) is 0 Å². The Morgan fingerprint density at radius 2 is 1.74 bits per heavy atom. The highest BCUT2D eigenvalue weighted by atomic mass is 16.6. The van der Waals surface area contributed by atoms with Gasteiger partial charge in [0.1, 0.15) is 6.10 Å². The molecule has 174 valence electrons. The molecule has 5 rings (SSSR count). The highest BCUT2D eigenvalue weighted by Crippen LogP contribution is 2.70. The number of ether oxygens (including phenoxy) is 2. The summed E-state index contributed by atoms with van der Waals surface area (Å²) in [5, 5.41) is 20.1. The van der Waals surface area contributed by atoms with E-state index in [-0.39, 0.29) is 47.6 Å². The number of hydrogen-bond acceptors (Lipinski definition) is 5. The van der Waals surface area contributed by atoms with Gasteiger partial charge in [-0.15, -0.1) is 0 Å². The number of carboxylic acids is 1. The fourth-order valence-electron chi connectivity index (χ4n) is 9.08. The van der Waals surface area contributed by atoms with Gasteiger partial charge in [0.05, 0.1) is 30.1 Å². The summed E-state index contributed by atoms with van der Waals surface area (Å²) < 4.78 is 12.2. The zero-order chi connectivity index (χ0) is 22.2. The van der Waals surface area contributed by atoms with Crippen LogP contribution < -0.4 is 0 Å². The van der Waals surface area contributed by atoms with Crippen LogP contribution in [0.4, 0.5) is 0 Å². The molecule has 1 saturated heterocycles. The van der Waals surface area contributed by atoms with E-state index in [4.69, 9.17) is 14.6 Å². The maximum absolute atomic E-state index is 12.1. The molecule has 1 spiro atoms. The minimum Gasteiger partial charge on any atom is -0.481 e. The van der Waals surface area contributed by atoms with Crippen LogP contribution in [0, 0.1) is 35.0 Å². The fraction of sp³-hybridized carbons (Fsp3) is 0.920. The van der Waals surface area contributed by atoms with Crippen LogP contribution >= 0.6 is 0 Å². The summed E-state index contributed by atoms with van der Waals surface area (Å²) >= 11 is 0. The molecule has 0 amide bonds. The van der Waals surface area contributed by atoms with E-state index in [0.717, 1.165) is 25.7 Å². The predicted molar refractivity (Wildman–Crippen MR) is 113 cm³/mol. The summed E-state index contributed by atoms with van der Waals surface area (Å²) in [7, 11) is 0. The minimum absolute atomic E-state index is 0.00385. The molecule has 1 heterocycles. The number of aliphatic hydroxyl groups is 1. The van der Waals surface area contributed by atoms with Gasteiger partial charge < -0.3 is 19.7 Å². The van der Waals surface area contributed by atoms with E-state index < -0.39 is 11.9 Å². The summed E-state index contributed by atoms with van der Waals surface area (Å²) in [5.74, 6) is 1.10. The van der Waals surface area contributed by atoms with Crippen LogP contribution in [-0.4, -0.2) is 45.6 Å². The van der Waals surface area contributed by atoms with Gasteiger partial charge in [0, 0.05) is 5.92 Å². The molecule has 4 aliphatic carbocycles. The Bertz CT molecular complexity index is 763. The molecule has 9 atom stereocenters. The van der Waals surface area contributed by atoms with Crippen molar-refractivity contribution in [3.63, 3.8) is 0 Å². The lowest BCUT2D eigenvalue weighted by atomic mass is 9.44. The van der Waals surface area contributed by atoms with Crippen LogP contribution in [0.2, 0.25) is 0 Å². The number of esters is 1. The second kappa shape index (κ2) is 7.18. The Morgan fingerprint density at radius 3 is 2.45 bits per heavy atom. The van der Waals surface area contributed by atoms with E-state index >= 15 is 0 Å². The smallest absolute Gasteiger partial charge is 0.306 e. The minimum atomic E-state index is -0.982. The van der Waals surface area contributed by atoms with Gasteiger partial charge in [0.25, 0.3) is 0 Å². The van der Waals surface area contributed by atoms with E-state index in [1.54, 1.807) is 0 Å². The maximum atomic E-state index is 12.1. The molecule has 5 fully saturated rings. The Kier molecular flexibility index (Phi) is 5.02. The van der Waals surface area contributed by atoms with Gasteiger partial charge in [0.15, 0.2) is 0 Å². The number of fused-ring (bicyclic) bond motifs is 4. The predicted octanol–water partition coefficient (Wildman–Crippen LogP) is 3.93. The molecule has 0 aromatic carbocycles. The zero-order valence-corrected chi connectivity index (χ0v) is 19.1. The number of hydrogen-bond donors (Lipinski definition) is 2. The summed E-state index contributed by atoms with van der Waals surface area (Å²) in [4.78, 5) is 22.8. The molecule has 5 aliphatic rings. The lowest BCUT2D eigenvalue weighted by molar-refractivity contribution is -0.337. The lowest BCUT2D eigenvalue weighted by Gasteiger charge is -2.67. The third-order valence-corrected chi connectivity index (χ3v) is 10.2. The third kappa shape index (κ3) is 3.18. The van der Waals surface area contributed by atoms with Crippen molar-refractivity contribution < 1.29 is 29.3 Å². The van der Waals surface area contributed by atoms with Gasteiger partial charge in [-0.25, -0.2) is 0 Å². The summed E-state index contributed by atoms with van der Waals surface area (Å²) in [6, 6.07) is 0. The second-order valence-electron chi connectivity index (χ2n) is 11.9. The van der Waals surface area contributed by atoms with Gasteiger partial charge in [-0.2, -0.15) is 0 Å². The molecule has 1 aliphatic heterocycles. The Morgan fingerprint density at radius 1 is 0.968 bits per heavy atom. The van der Waals surface area contributed by atoms with Crippen LogP contribution in [0.25, 0.3) is 0 Å². The van der Waals surface area contributed by atoms with E-state index in [1.165, 1.54) is 19.3 Å². The molecule has 6 nitrogen and oxygen atoms in total. The normalized spacial score (nSPS) is 49.6. The van der Waals surface area contributed by atoms with Crippen LogP contribution in [-0.2, 0) is 19.1 Å². The first-order valence-corrected chi connectivity index (χ1v) is 12.4. The van der Waals surface area contributed by atoms with Gasteiger partial charge in [0.2, 0.25) is 0 Å². The lowest BCUT2D eigenvalue weighted by Crippen LogP contribution is -2.70. The Labute approximate surface area is 185 Å². The number of carboxylic acid groups (broad SMARTS) is 1. The molecule has 6 heteroatoms. The zero-order valence-electron chi connectivity index (χ0n) is 19.1. The van der Waals surface area contributed by atoms with Crippen molar-refractivity contribution in [1.82, 2.24) is 0 Å². The first-order chi connectivity index (χ1) is 14.6. The molecule has 31 heavy (non-hydrogen) atoms. The van der Waals surface area contributed by atoms with E-state index in [2.05, 4.69) is 20.8 Å². The number of aliphatic carboxylic acids is 1. The largest absolute Gasteiger partial charge is 0.481 e. The number of aliphatic hydroxyl groups excluding tert-OH is 1. The quantitative estimate of drug-likeness (QED) is 0.651. The molecule has 4 saturated carbocycles. The average molecular weight is 435 g/mol. The van der Waals surface area contributed by atoms with E-state index in [9.17, 15) is 14.7 Å². The van der Waals surface area contributed by atoms with Gasteiger partial charge >= 0.3 is 11.9 Å². The van der Waals surface area contributed by atoms with Gasteiger partial charge in [-0.1, -0.05) is 6.92 Å². The van der Waals surface area contributed by atoms with Crippen molar-refractivity contribution in [2.45, 2.75) is 108 Å². The van der Waals surface area contributed by atoms with Crippen molar-refractivity contribution >= 4 is 11.9 Å². The van der Waals surface area contributed by atoms with Gasteiger partial charge in [-0.05, 0) is 94.3 Å². The highest BCUT2D eigenvalue weighted by molar-refractivity contribution is 5.76. The molecular formula is C25H38O6. The highest BCUT2D eigenvalue weighted by Gasteiger charge is 2.71. The molecule has 0 aromatic heterocycles. The van der Waals surface area contributed by atoms with Crippen LogP contribution in [0.3, 0.4) is 0 Å².